The van der Waals surface area contributed by atoms with E-state index in [4.69, 9.17) is 9.47 Å². The molecular weight excluding hydrogens is 393 g/mol. The quantitative estimate of drug-likeness (QED) is 0.605. The second-order valence-corrected chi connectivity index (χ2v) is 8.73. The van der Waals surface area contributed by atoms with Crippen LogP contribution < -0.4 is 10.1 Å². The molecule has 1 aromatic rings. The Bertz CT molecular complexity index is 639. The Balaban J connectivity index is 2.22. The molecule has 3 unspecified atom stereocenters. The average Bonchev–Trinajstić information content (AvgIpc) is 2.87. The van der Waals surface area contributed by atoms with Crippen LogP contribution in [0, 0.1) is 0 Å². The molecule has 1 amide bonds. The normalized spacial score (nSPS) is 26.2. The Morgan fingerprint density at radius 3 is 2.77 bits per heavy atom. The van der Waals surface area contributed by atoms with Crippen molar-refractivity contribution < 1.29 is 14.3 Å². The van der Waals surface area contributed by atoms with Crippen molar-refractivity contribution in [1.82, 2.24) is 0 Å². The van der Waals surface area contributed by atoms with Crippen LogP contribution in [0.3, 0.4) is 0 Å². The van der Waals surface area contributed by atoms with E-state index in [0.29, 0.717) is 16.4 Å². The van der Waals surface area contributed by atoms with Gasteiger partial charge >= 0.3 is 0 Å². The largest absolute Gasteiger partial charge is 0.488 e. The van der Waals surface area contributed by atoms with Gasteiger partial charge in [0.2, 0.25) is 5.91 Å². The molecule has 22 heavy (non-hydrogen) atoms. The molecule has 4 nitrogen and oxygen atoms in total. The molecule has 0 fully saturated rings. The lowest BCUT2D eigenvalue weighted by atomic mass is 9.82. The molecule has 3 rings (SSSR count). The third kappa shape index (κ3) is 2.16. The topological polar surface area (TPSA) is 47.6 Å². The Morgan fingerprint density at radius 2 is 2.18 bits per heavy atom. The second-order valence-electron chi connectivity index (χ2n) is 6.76. The molecule has 2 heterocycles. The zero-order valence-corrected chi connectivity index (χ0v) is 15.8. The van der Waals surface area contributed by atoms with Crippen LogP contribution in [0.4, 0.5) is 5.69 Å². The van der Waals surface area contributed by atoms with Crippen LogP contribution in [-0.4, -0.2) is 23.0 Å². The number of benzene rings is 1. The summed E-state index contributed by atoms with van der Waals surface area (Å²) in [6.45, 7) is 8.77. The van der Waals surface area contributed by atoms with Crippen LogP contribution in [0.2, 0.25) is 0 Å². The third-order valence-electron chi connectivity index (χ3n) is 4.81. The fourth-order valence-corrected chi connectivity index (χ4v) is 4.28. The van der Waals surface area contributed by atoms with Gasteiger partial charge in [0.15, 0.2) is 0 Å². The maximum absolute atomic E-state index is 12.4. The lowest BCUT2D eigenvalue weighted by Crippen LogP contribution is -2.28. The maximum atomic E-state index is 12.4. The number of methoxy groups -OCH3 is 1. The van der Waals surface area contributed by atoms with Crippen LogP contribution in [0.15, 0.2) is 6.07 Å². The molecule has 0 aliphatic carbocycles. The van der Waals surface area contributed by atoms with Crippen molar-refractivity contribution in [2.75, 3.05) is 12.4 Å². The van der Waals surface area contributed by atoms with Gasteiger partial charge in [-0.25, -0.2) is 0 Å². The number of ether oxygens (including phenoxy) is 2. The third-order valence-corrected chi connectivity index (χ3v) is 5.52. The highest BCUT2D eigenvalue weighted by molar-refractivity contribution is 14.1. The zero-order valence-electron chi connectivity index (χ0n) is 13.6. The van der Waals surface area contributed by atoms with E-state index in [1.807, 2.05) is 13.8 Å². The van der Waals surface area contributed by atoms with Crippen molar-refractivity contribution in [2.24, 2.45) is 0 Å². The van der Waals surface area contributed by atoms with Gasteiger partial charge < -0.3 is 14.8 Å². The molecular formula is C17H22INO3. The Morgan fingerprint density at radius 1 is 1.50 bits per heavy atom. The highest BCUT2D eigenvalue weighted by Gasteiger charge is 2.47. The predicted molar refractivity (Wildman–Crippen MR) is 95.1 cm³/mol. The van der Waals surface area contributed by atoms with Crippen molar-refractivity contribution in [3.63, 3.8) is 0 Å². The van der Waals surface area contributed by atoms with E-state index in [1.165, 1.54) is 5.56 Å². The predicted octanol–water partition coefficient (Wildman–Crippen LogP) is 3.75. The summed E-state index contributed by atoms with van der Waals surface area (Å²) in [5.41, 5.74) is 3.53. The van der Waals surface area contributed by atoms with E-state index in [0.717, 1.165) is 22.6 Å². The fourth-order valence-electron chi connectivity index (χ4n) is 3.51. The van der Waals surface area contributed by atoms with Crippen LogP contribution in [0.1, 0.15) is 50.3 Å². The smallest absolute Gasteiger partial charge is 0.234 e. The van der Waals surface area contributed by atoms with E-state index in [2.05, 4.69) is 47.8 Å². The first-order valence-corrected chi connectivity index (χ1v) is 8.85. The molecule has 1 aromatic carbocycles. The van der Waals surface area contributed by atoms with Crippen molar-refractivity contribution in [2.45, 2.75) is 55.7 Å². The number of nitrogens with one attached hydrogen (secondary N) is 1. The molecule has 0 aromatic heterocycles. The number of carbonyl (C=O) groups is 1. The number of hydrogen-bond acceptors (Lipinski definition) is 3. The van der Waals surface area contributed by atoms with Crippen molar-refractivity contribution >= 4 is 34.2 Å². The second kappa shape index (κ2) is 5.37. The first kappa shape index (κ1) is 16.1. The number of rotatable bonds is 3. The summed E-state index contributed by atoms with van der Waals surface area (Å²) >= 11 is 2.41. The highest BCUT2D eigenvalue weighted by atomic mass is 127. The summed E-state index contributed by atoms with van der Waals surface area (Å²) < 4.78 is 12.0. The highest BCUT2D eigenvalue weighted by Crippen LogP contribution is 2.53. The number of halogens is 1. The molecule has 1 N–H and O–H groups in total. The first-order chi connectivity index (χ1) is 10.3. The molecule has 0 bridgehead atoms. The maximum Gasteiger partial charge on any atom is 0.234 e. The monoisotopic (exact) mass is 415 g/mol. The van der Waals surface area contributed by atoms with E-state index in [-0.39, 0.29) is 12.0 Å². The van der Waals surface area contributed by atoms with Gasteiger partial charge in [-0.3, -0.25) is 4.79 Å². The minimum absolute atomic E-state index is 0.0236. The van der Waals surface area contributed by atoms with Crippen molar-refractivity contribution in [3.05, 3.63) is 22.8 Å². The van der Waals surface area contributed by atoms with E-state index in [1.54, 1.807) is 7.11 Å². The Hall–Kier alpha value is -0.820. The summed E-state index contributed by atoms with van der Waals surface area (Å²) in [5, 5.41) is 3.03. The number of anilines is 1. The van der Waals surface area contributed by atoms with Crippen LogP contribution >= 0.6 is 22.6 Å². The van der Waals surface area contributed by atoms with Gasteiger partial charge in [-0.2, -0.15) is 0 Å². The minimum Gasteiger partial charge on any atom is -0.488 e. The molecule has 120 valence electrons. The SMILES string of the molecule is COCc1cc2c(c3c1NC(=O)C3(C)C)OC(C(C)I)C2C. The lowest BCUT2D eigenvalue weighted by molar-refractivity contribution is -0.119. The summed E-state index contributed by atoms with van der Waals surface area (Å²) in [6.07, 6.45) is 0.143. The van der Waals surface area contributed by atoms with Crippen LogP contribution in [0.5, 0.6) is 5.75 Å². The van der Waals surface area contributed by atoms with Gasteiger partial charge in [0.25, 0.3) is 0 Å². The van der Waals surface area contributed by atoms with Crippen molar-refractivity contribution in [3.8, 4) is 5.75 Å². The summed E-state index contributed by atoms with van der Waals surface area (Å²) in [7, 11) is 1.68. The first-order valence-electron chi connectivity index (χ1n) is 7.60. The van der Waals surface area contributed by atoms with Crippen molar-refractivity contribution in [1.29, 1.82) is 0 Å². The minimum atomic E-state index is -0.577. The van der Waals surface area contributed by atoms with Gasteiger partial charge in [-0.15, -0.1) is 0 Å². The number of amides is 1. The van der Waals surface area contributed by atoms with E-state index >= 15 is 0 Å². The Kier molecular flexibility index (Phi) is 3.92. The molecule has 0 radical (unpaired) electrons. The summed E-state index contributed by atoms with van der Waals surface area (Å²) in [6, 6.07) is 2.14. The standard InChI is InChI=1S/C17H22INO3/c1-8-11-6-10(7-21-5)13-12(17(3,4)16(20)19-13)15(11)22-14(8)9(2)18/h6,8-9,14H,7H2,1-5H3,(H,19,20). The summed E-state index contributed by atoms with van der Waals surface area (Å²) in [4.78, 5) is 12.4. The number of fused-ring (bicyclic) bond motifs is 3. The van der Waals surface area contributed by atoms with Crippen LogP contribution in [-0.2, 0) is 21.6 Å². The average molecular weight is 415 g/mol. The summed E-state index contributed by atoms with van der Waals surface area (Å²) in [5.74, 6) is 1.24. The van der Waals surface area contributed by atoms with Gasteiger partial charge in [-0.05, 0) is 26.8 Å². The molecule has 2 aliphatic heterocycles. The van der Waals surface area contributed by atoms with Crippen LogP contribution in [0.25, 0.3) is 0 Å². The van der Waals surface area contributed by atoms with Gasteiger partial charge in [0.05, 0.1) is 17.7 Å². The molecule has 2 aliphatic rings. The van der Waals surface area contributed by atoms with Gasteiger partial charge in [-0.1, -0.05) is 29.5 Å². The molecule has 0 saturated heterocycles. The molecule has 0 spiro atoms. The lowest BCUT2D eigenvalue weighted by Gasteiger charge is -2.20. The molecule has 3 atom stereocenters. The Labute approximate surface area is 145 Å². The van der Waals surface area contributed by atoms with E-state index in [9.17, 15) is 4.79 Å². The number of carbonyl (C=O) groups excluding carboxylic acids is 1. The van der Waals surface area contributed by atoms with Gasteiger partial charge in [0, 0.05) is 33.6 Å². The van der Waals surface area contributed by atoms with E-state index < -0.39 is 5.41 Å². The number of hydrogen-bond donors (Lipinski definition) is 1. The number of alkyl halides is 1. The molecule has 5 heteroatoms. The zero-order chi connectivity index (χ0) is 16.2. The molecule has 0 saturated carbocycles. The fraction of sp³-hybridized carbons (Fsp3) is 0.588. The van der Waals surface area contributed by atoms with Gasteiger partial charge in [0.1, 0.15) is 11.9 Å².